The number of carbonyl (C=O) groups is 1. The molecule has 0 bridgehead atoms. The molecule has 6 heteroatoms. The number of rotatable bonds is 9. The van der Waals surface area contributed by atoms with Crippen molar-refractivity contribution in [1.29, 1.82) is 0 Å². The molecule has 0 atom stereocenters. The number of hydrogen-bond acceptors (Lipinski definition) is 6. The van der Waals surface area contributed by atoms with Gasteiger partial charge < -0.3 is 19.7 Å². The van der Waals surface area contributed by atoms with Crippen molar-refractivity contribution >= 4 is 17.6 Å². The lowest BCUT2D eigenvalue weighted by Crippen LogP contribution is -2.38. The summed E-state index contributed by atoms with van der Waals surface area (Å²) < 4.78 is 10.8. The zero-order valence-electron chi connectivity index (χ0n) is 17.8. The van der Waals surface area contributed by atoms with Crippen LogP contribution < -0.4 is 10.2 Å². The standard InChI is InChI=1S/C22H35N3O3/c1-5-6-15-28-20(26)17-7-8-18(24-21(2,3)16-27-4)23-19(17)25-13-11-22(9-10-22)12-14-25/h7-8H,5-6,9-16H2,1-4H3,(H,23,24). The highest BCUT2D eigenvalue weighted by Crippen LogP contribution is 2.54. The van der Waals surface area contributed by atoms with Gasteiger partial charge >= 0.3 is 5.97 Å². The summed E-state index contributed by atoms with van der Waals surface area (Å²) in [6.45, 7) is 9.16. The average molecular weight is 390 g/mol. The molecule has 3 rings (SSSR count). The highest BCUT2D eigenvalue weighted by atomic mass is 16.5. The van der Waals surface area contributed by atoms with Crippen LogP contribution in [0.3, 0.4) is 0 Å². The number of anilines is 2. The second-order valence-electron chi connectivity index (χ2n) is 8.99. The summed E-state index contributed by atoms with van der Waals surface area (Å²) >= 11 is 0. The molecule has 1 N–H and O–H groups in total. The molecule has 28 heavy (non-hydrogen) atoms. The summed E-state index contributed by atoms with van der Waals surface area (Å²) in [6.07, 6.45) is 6.97. The first-order chi connectivity index (χ1) is 13.4. The summed E-state index contributed by atoms with van der Waals surface area (Å²) in [4.78, 5) is 19.8. The molecule has 1 aromatic rings. The molecule has 0 unspecified atom stereocenters. The molecule has 0 radical (unpaired) electrons. The Kier molecular flexibility index (Phi) is 6.48. The van der Waals surface area contributed by atoms with E-state index in [9.17, 15) is 4.79 Å². The molecule has 0 aromatic carbocycles. The highest BCUT2D eigenvalue weighted by Gasteiger charge is 2.45. The van der Waals surface area contributed by atoms with E-state index in [0.717, 1.165) is 37.6 Å². The zero-order chi connectivity index (χ0) is 20.2. The molecule has 1 saturated heterocycles. The zero-order valence-corrected chi connectivity index (χ0v) is 17.8. The van der Waals surface area contributed by atoms with Gasteiger partial charge in [-0.1, -0.05) is 13.3 Å². The van der Waals surface area contributed by atoms with Gasteiger partial charge in [0.2, 0.25) is 0 Å². The molecule has 1 aromatic heterocycles. The topological polar surface area (TPSA) is 63.7 Å². The fourth-order valence-electron chi connectivity index (χ4n) is 3.92. The first-order valence-electron chi connectivity index (χ1n) is 10.6. The van der Waals surface area contributed by atoms with E-state index in [0.29, 0.717) is 24.2 Å². The fraction of sp³-hybridized carbons (Fsp3) is 0.727. The summed E-state index contributed by atoms with van der Waals surface area (Å²) in [5, 5.41) is 3.43. The predicted molar refractivity (Wildman–Crippen MR) is 112 cm³/mol. The Morgan fingerprint density at radius 3 is 2.57 bits per heavy atom. The minimum atomic E-state index is -0.273. The molecule has 6 nitrogen and oxygen atoms in total. The Balaban J connectivity index is 1.80. The van der Waals surface area contributed by atoms with Gasteiger partial charge in [0.1, 0.15) is 17.2 Å². The lowest BCUT2D eigenvalue weighted by molar-refractivity contribution is 0.0500. The van der Waals surface area contributed by atoms with Crippen LogP contribution in [0.25, 0.3) is 0 Å². The summed E-state index contributed by atoms with van der Waals surface area (Å²) in [7, 11) is 1.69. The van der Waals surface area contributed by atoms with Crippen molar-refractivity contribution < 1.29 is 14.3 Å². The van der Waals surface area contributed by atoms with Crippen LogP contribution in [0.4, 0.5) is 11.6 Å². The van der Waals surface area contributed by atoms with Gasteiger partial charge in [0.25, 0.3) is 0 Å². The van der Waals surface area contributed by atoms with Gasteiger partial charge in [-0.3, -0.25) is 0 Å². The number of hydrogen-bond donors (Lipinski definition) is 1. The summed E-state index contributed by atoms with van der Waals surface area (Å²) in [5.74, 6) is 1.23. The smallest absolute Gasteiger partial charge is 0.341 e. The third kappa shape index (κ3) is 5.16. The number of aromatic nitrogens is 1. The number of piperidine rings is 1. The maximum absolute atomic E-state index is 12.7. The van der Waals surface area contributed by atoms with Crippen LogP contribution >= 0.6 is 0 Å². The molecule has 0 amide bonds. The van der Waals surface area contributed by atoms with Gasteiger partial charge in [-0.25, -0.2) is 9.78 Å². The van der Waals surface area contributed by atoms with Crippen LogP contribution in [0.5, 0.6) is 0 Å². The number of nitrogens with one attached hydrogen (secondary N) is 1. The number of pyridine rings is 1. The van der Waals surface area contributed by atoms with E-state index in [1.54, 1.807) is 7.11 Å². The van der Waals surface area contributed by atoms with Crippen molar-refractivity contribution in [3.63, 3.8) is 0 Å². The molecule has 1 aliphatic heterocycles. The maximum atomic E-state index is 12.7. The van der Waals surface area contributed by atoms with E-state index in [4.69, 9.17) is 14.5 Å². The largest absolute Gasteiger partial charge is 0.462 e. The predicted octanol–water partition coefficient (Wildman–Crippen LogP) is 4.26. The Morgan fingerprint density at radius 2 is 1.96 bits per heavy atom. The number of nitrogens with zero attached hydrogens (tertiary/aromatic N) is 2. The van der Waals surface area contributed by atoms with Gasteiger partial charge in [-0.15, -0.1) is 0 Å². The van der Waals surface area contributed by atoms with Crippen LogP contribution in [0.15, 0.2) is 12.1 Å². The Bertz CT molecular complexity index is 676. The molecular weight excluding hydrogens is 354 g/mol. The van der Waals surface area contributed by atoms with Gasteiger partial charge in [0, 0.05) is 20.2 Å². The third-order valence-corrected chi connectivity index (χ3v) is 5.88. The first kappa shape index (κ1) is 20.9. The SMILES string of the molecule is CCCCOC(=O)c1ccc(NC(C)(C)COC)nc1N1CCC2(CC1)CC2. The van der Waals surface area contributed by atoms with Gasteiger partial charge in [0.15, 0.2) is 0 Å². The van der Waals surface area contributed by atoms with Crippen molar-refractivity contribution in [2.45, 2.75) is 64.8 Å². The minimum absolute atomic E-state index is 0.248. The van der Waals surface area contributed by atoms with Crippen LogP contribution in [-0.4, -0.2) is 49.9 Å². The molecule has 1 aliphatic carbocycles. The number of ether oxygens (including phenoxy) is 2. The average Bonchev–Trinajstić information content (AvgIpc) is 3.41. The van der Waals surface area contributed by atoms with Crippen molar-refractivity contribution in [2.24, 2.45) is 5.41 Å². The Hall–Kier alpha value is -1.82. The molecule has 2 fully saturated rings. The second kappa shape index (κ2) is 8.68. The Morgan fingerprint density at radius 1 is 1.25 bits per heavy atom. The van der Waals surface area contributed by atoms with E-state index in [-0.39, 0.29) is 11.5 Å². The van der Waals surface area contributed by atoms with E-state index >= 15 is 0 Å². The van der Waals surface area contributed by atoms with E-state index in [1.165, 1.54) is 25.7 Å². The number of esters is 1. The van der Waals surface area contributed by atoms with Crippen LogP contribution in [0, 0.1) is 5.41 Å². The van der Waals surface area contributed by atoms with Crippen LogP contribution in [-0.2, 0) is 9.47 Å². The van der Waals surface area contributed by atoms with Gasteiger partial charge in [-0.2, -0.15) is 0 Å². The highest BCUT2D eigenvalue weighted by molar-refractivity contribution is 5.95. The number of methoxy groups -OCH3 is 1. The monoisotopic (exact) mass is 389 g/mol. The van der Waals surface area contributed by atoms with Crippen LogP contribution in [0.1, 0.15) is 69.7 Å². The first-order valence-corrected chi connectivity index (χ1v) is 10.6. The Labute approximate surface area is 169 Å². The fourth-order valence-corrected chi connectivity index (χ4v) is 3.92. The van der Waals surface area contributed by atoms with Gasteiger partial charge in [0.05, 0.1) is 18.8 Å². The molecule has 156 valence electrons. The minimum Gasteiger partial charge on any atom is -0.462 e. The molecule has 2 aliphatic rings. The van der Waals surface area contributed by atoms with Crippen molar-refractivity contribution in [3.8, 4) is 0 Å². The van der Waals surface area contributed by atoms with Crippen LogP contribution in [0.2, 0.25) is 0 Å². The van der Waals surface area contributed by atoms with Gasteiger partial charge in [-0.05, 0) is 63.5 Å². The third-order valence-electron chi connectivity index (χ3n) is 5.88. The lowest BCUT2D eigenvalue weighted by Gasteiger charge is -2.34. The quantitative estimate of drug-likeness (QED) is 0.503. The summed E-state index contributed by atoms with van der Waals surface area (Å²) in [6, 6.07) is 3.72. The van der Waals surface area contributed by atoms with Crippen molar-refractivity contribution in [3.05, 3.63) is 17.7 Å². The second-order valence-corrected chi connectivity index (χ2v) is 8.99. The maximum Gasteiger partial charge on any atom is 0.341 e. The lowest BCUT2D eigenvalue weighted by atomic mass is 9.93. The molecule has 1 saturated carbocycles. The molecule has 2 heterocycles. The van der Waals surface area contributed by atoms with E-state index in [2.05, 4.69) is 31.0 Å². The molecular formula is C22H35N3O3. The van der Waals surface area contributed by atoms with E-state index in [1.807, 2.05) is 12.1 Å². The van der Waals surface area contributed by atoms with Crippen molar-refractivity contribution in [2.75, 3.05) is 43.6 Å². The molecule has 1 spiro atoms. The summed E-state index contributed by atoms with van der Waals surface area (Å²) in [5.41, 5.74) is 0.898. The van der Waals surface area contributed by atoms with Crippen molar-refractivity contribution in [1.82, 2.24) is 4.98 Å². The van der Waals surface area contributed by atoms with E-state index < -0.39 is 0 Å². The number of unbranched alkanes of at least 4 members (excludes halogenated alkanes) is 1. The number of carbonyl (C=O) groups excluding carboxylic acids is 1. The normalized spacial score (nSPS) is 18.2.